The monoisotopic (exact) mass is 542 g/mol. The van der Waals surface area contributed by atoms with Gasteiger partial charge in [0.15, 0.2) is 5.79 Å². The molecule has 5 aliphatic rings. The molecule has 7 heteroatoms. The molecule has 0 aromatic rings. The van der Waals surface area contributed by atoms with Crippen molar-refractivity contribution >= 4 is 5.97 Å². The van der Waals surface area contributed by atoms with Gasteiger partial charge in [-0.1, -0.05) is 56.7 Å². The van der Waals surface area contributed by atoms with E-state index in [-0.39, 0.29) is 18.8 Å². The van der Waals surface area contributed by atoms with Crippen LogP contribution < -0.4 is 0 Å². The fraction of sp³-hybridized carbons (Fsp3) is 0.719. The first kappa shape index (κ1) is 28.7. The highest BCUT2D eigenvalue weighted by molar-refractivity contribution is 5.78. The predicted molar refractivity (Wildman–Crippen MR) is 148 cm³/mol. The van der Waals surface area contributed by atoms with Crippen molar-refractivity contribution in [3.63, 3.8) is 0 Å². The van der Waals surface area contributed by atoms with E-state index in [1.54, 1.807) is 13.0 Å². The number of aliphatic hydroxyl groups excluding tert-OH is 1. The number of hydrogen-bond donors (Lipinski definition) is 2. The standard InChI is InChI=1S/C32H46O7/c1-6-27-21(4)12-13-31(39-27)17-25-16-24(38-31)11-10-20(3)14-19(2)8-7-9-23-18-36-29-28(33)22(5)15-26(30(34)37-25)32(23,29)35/h7-10,15,19,21,24-29,33,35H,6,11-14,16-18H2,1-5H3/b8-7+,20-10+,23-9+/t19-,21-,24+,25-,26-,27+,28+,29+,31?,32+/m0/s1. The second-order valence-electron chi connectivity index (χ2n) is 12.7. The Balaban J connectivity index is 1.51. The largest absolute Gasteiger partial charge is 0.462 e. The lowest BCUT2D eigenvalue weighted by Crippen LogP contribution is -2.58. The molecule has 7 nitrogen and oxygen atoms in total. The Morgan fingerprint density at radius 1 is 1.15 bits per heavy atom. The second kappa shape index (κ2) is 11.2. The molecule has 1 spiro atoms. The summed E-state index contributed by atoms with van der Waals surface area (Å²) in [5.74, 6) is -1.52. The maximum atomic E-state index is 13.9. The minimum absolute atomic E-state index is 0.104. The van der Waals surface area contributed by atoms with Crippen molar-refractivity contribution in [3.8, 4) is 0 Å². The summed E-state index contributed by atoms with van der Waals surface area (Å²) in [5.41, 5.74) is 0.788. The third kappa shape index (κ3) is 5.58. The summed E-state index contributed by atoms with van der Waals surface area (Å²) in [4.78, 5) is 13.9. The van der Waals surface area contributed by atoms with E-state index in [9.17, 15) is 15.0 Å². The number of hydrogen-bond acceptors (Lipinski definition) is 7. The summed E-state index contributed by atoms with van der Waals surface area (Å²) in [6, 6.07) is 0. The normalized spacial score (nSPS) is 48.7. The Labute approximate surface area is 232 Å². The summed E-state index contributed by atoms with van der Waals surface area (Å²) in [5, 5.41) is 22.9. The van der Waals surface area contributed by atoms with Gasteiger partial charge in [-0.05, 0) is 62.5 Å². The molecule has 10 atom stereocenters. The van der Waals surface area contributed by atoms with Crippen LogP contribution in [0.5, 0.6) is 0 Å². The minimum Gasteiger partial charge on any atom is -0.462 e. The molecular formula is C32H46O7. The Bertz CT molecular complexity index is 1060. The van der Waals surface area contributed by atoms with Crippen LogP contribution in [0.4, 0.5) is 0 Å². The van der Waals surface area contributed by atoms with E-state index in [1.165, 1.54) is 5.57 Å². The summed E-state index contributed by atoms with van der Waals surface area (Å²) in [6.07, 6.45) is 12.8. The van der Waals surface area contributed by atoms with Crippen LogP contribution in [-0.4, -0.2) is 64.7 Å². The molecule has 3 saturated heterocycles. The van der Waals surface area contributed by atoms with Crippen LogP contribution in [0, 0.1) is 17.8 Å². The molecule has 0 aromatic heterocycles. The van der Waals surface area contributed by atoms with E-state index in [0.29, 0.717) is 35.8 Å². The molecule has 0 aromatic carbocycles. The van der Waals surface area contributed by atoms with Gasteiger partial charge in [0.2, 0.25) is 0 Å². The van der Waals surface area contributed by atoms with Gasteiger partial charge in [0.1, 0.15) is 29.8 Å². The zero-order chi connectivity index (χ0) is 27.9. The molecule has 39 heavy (non-hydrogen) atoms. The van der Waals surface area contributed by atoms with Gasteiger partial charge in [-0.15, -0.1) is 0 Å². The van der Waals surface area contributed by atoms with Crippen LogP contribution in [0.15, 0.2) is 47.1 Å². The van der Waals surface area contributed by atoms with E-state index in [4.69, 9.17) is 18.9 Å². The molecule has 1 aliphatic carbocycles. The van der Waals surface area contributed by atoms with Gasteiger partial charge in [-0.25, -0.2) is 0 Å². The van der Waals surface area contributed by atoms with Gasteiger partial charge in [0.05, 0.1) is 18.8 Å². The first-order valence-corrected chi connectivity index (χ1v) is 14.8. The number of esters is 1. The van der Waals surface area contributed by atoms with Crippen LogP contribution in [-0.2, 0) is 23.7 Å². The molecule has 0 saturated carbocycles. The molecule has 4 heterocycles. The highest BCUT2D eigenvalue weighted by atomic mass is 16.7. The van der Waals surface area contributed by atoms with Crippen LogP contribution in [0.25, 0.3) is 0 Å². The maximum Gasteiger partial charge on any atom is 0.316 e. The van der Waals surface area contributed by atoms with Crippen LogP contribution in [0.1, 0.15) is 79.6 Å². The summed E-state index contributed by atoms with van der Waals surface area (Å²) in [6.45, 7) is 10.6. The quantitative estimate of drug-likeness (QED) is 0.359. The van der Waals surface area contributed by atoms with E-state index >= 15 is 0 Å². The van der Waals surface area contributed by atoms with Gasteiger partial charge in [-0.3, -0.25) is 4.79 Å². The Kier molecular flexibility index (Phi) is 8.29. The fourth-order valence-corrected chi connectivity index (χ4v) is 7.23. The molecule has 4 aliphatic heterocycles. The number of carbonyl (C=O) groups is 1. The minimum atomic E-state index is -1.68. The smallest absolute Gasteiger partial charge is 0.316 e. The number of allylic oxidation sites excluding steroid dienone is 4. The first-order chi connectivity index (χ1) is 18.5. The van der Waals surface area contributed by atoms with Crippen molar-refractivity contribution in [2.45, 2.75) is 121 Å². The van der Waals surface area contributed by atoms with Crippen LogP contribution >= 0.6 is 0 Å². The fourth-order valence-electron chi connectivity index (χ4n) is 7.23. The third-order valence-corrected chi connectivity index (χ3v) is 9.50. The average Bonchev–Trinajstić information content (AvgIpc) is 3.23. The number of ether oxygens (including phenoxy) is 4. The molecule has 2 bridgehead atoms. The zero-order valence-corrected chi connectivity index (χ0v) is 24.1. The van der Waals surface area contributed by atoms with Crippen molar-refractivity contribution in [1.82, 2.24) is 0 Å². The van der Waals surface area contributed by atoms with Crippen LogP contribution in [0.3, 0.4) is 0 Å². The van der Waals surface area contributed by atoms with Crippen molar-refractivity contribution in [3.05, 3.63) is 47.1 Å². The summed E-state index contributed by atoms with van der Waals surface area (Å²) >= 11 is 0. The molecule has 216 valence electrons. The molecule has 5 rings (SSSR count). The zero-order valence-electron chi connectivity index (χ0n) is 24.1. The van der Waals surface area contributed by atoms with E-state index in [0.717, 1.165) is 32.1 Å². The van der Waals surface area contributed by atoms with Crippen molar-refractivity contribution in [1.29, 1.82) is 0 Å². The van der Waals surface area contributed by atoms with E-state index < -0.39 is 41.6 Å². The lowest BCUT2D eigenvalue weighted by atomic mass is 9.71. The average molecular weight is 543 g/mol. The van der Waals surface area contributed by atoms with Gasteiger partial charge in [-0.2, -0.15) is 0 Å². The predicted octanol–water partition coefficient (Wildman–Crippen LogP) is 4.92. The van der Waals surface area contributed by atoms with Gasteiger partial charge in [0.25, 0.3) is 0 Å². The van der Waals surface area contributed by atoms with Gasteiger partial charge < -0.3 is 29.2 Å². The highest BCUT2D eigenvalue weighted by Crippen LogP contribution is 2.47. The van der Waals surface area contributed by atoms with Crippen molar-refractivity contribution in [2.75, 3.05) is 6.61 Å². The van der Waals surface area contributed by atoms with Crippen molar-refractivity contribution in [2.24, 2.45) is 17.8 Å². The lowest BCUT2D eigenvalue weighted by Gasteiger charge is -2.50. The molecular weight excluding hydrogens is 496 g/mol. The van der Waals surface area contributed by atoms with Gasteiger partial charge >= 0.3 is 5.97 Å². The van der Waals surface area contributed by atoms with Crippen molar-refractivity contribution < 1.29 is 34.0 Å². The van der Waals surface area contributed by atoms with E-state index in [2.05, 4.69) is 39.8 Å². The second-order valence-corrected chi connectivity index (χ2v) is 12.7. The van der Waals surface area contributed by atoms with Gasteiger partial charge in [0, 0.05) is 19.3 Å². The maximum absolute atomic E-state index is 13.9. The topological polar surface area (TPSA) is 94.5 Å². The Morgan fingerprint density at radius 2 is 1.95 bits per heavy atom. The lowest BCUT2D eigenvalue weighted by molar-refractivity contribution is -0.335. The number of aliphatic hydroxyl groups is 2. The molecule has 3 fully saturated rings. The van der Waals surface area contributed by atoms with E-state index in [1.807, 2.05) is 12.2 Å². The molecule has 1 unspecified atom stereocenters. The molecule has 0 radical (unpaired) electrons. The highest BCUT2D eigenvalue weighted by Gasteiger charge is 2.60. The Morgan fingerprint density at radius 3 is 2.72 bits per heavy atom. The Hall–Kier alpha value is -1.77. The first-order valence-electron chi connectivity index (χ1n) is 14.8. The summed E-state index contributed by atoms with van der Waals surface area (Å²) < 4.78 is 25.4. The summed E-state index contributed by atoms with van der Waals surface area (Å²) in [7, 11) is 0. The SMILES string of the molecule is CC[C@H]1OC2(CC[C@@H]1C)C[C@@H]1C[C@@H](C/C=C(\C)C[C@@H](C)/C=C/C=C3\CO[C@@H]4[C@H](O)C(C)=C[C@@H](C(=O)O1)[C@]34O)O2. The molecule has 0 amide bonds. The number of rotatable bonds is 1. The third-order valence-electron chi connectivity index (χ3n) is 9.50. The number of fused-ring (bicyclic) bond motifs is 2. The number of carbonyl (C=O) groups excluding carboxylic acids is 1. The van der Waals surface area contributed by atoms with Crippen LogP contribution in [0.2, 0.25) is 0 Å². The molecule has 2 N–H and O–H groups in total.